The number of nitrogens with one attached hydrogen (secondary N) is 4. The van der Waals surface area contributed by atoms with Gasteiger partial charge >= 0.3 is 12.2 Å². The number of alkyl carbamates (subject to hydrolysis) is 2. The zero-order valence-corrected chi connectivity index (χ0v) is 34.1. The van der Waals surface area contributed by atoms with Crippen molar-refractivity contribution in [3.63, 3.8) is 0 Å². The minimum absolute atomic E-state index is 0.109. The molecule has 5 rings (SSSR count). The molecule has 2 aromatic carbocycles. The maximum Gasteiger partial charge on any atom is 0.407 e. The van der Waals surface area contributed by atoms with Gasteiger partial charge in [-0.2, -0.15) is 0 Å². The lowest BCUT2D eigenvalue weighted by atomic mass is 10.0. The molecule has 0 saturated carbocycles. The van der Waals surface area contributed by atoms with E-state index in [-0.39, 0.29) is 36.2 Å². The third kappa shape index (κ3) is 10.1. The molecule has 3 unspecified atom stereocenters. The Hall–Kier alpha value is -5.92. The number of aromatic amines is 2. The fourth-order valence-electron chi connectivity index (χ4n) is 7.13. The second kappa shape index (κ2) is 19.3. The van der Waals surface area contributed by atoms with Crippen LogP contribution < -0.4 is 10.6 Å². The van der Waals surface area contributed by atoms with E-state index >= 15 is 0 Å². The number of amides is 4. The first kappa shape index (κ1) is 42.2. The van der Waals surface area contributed by atoms with Crippen molar-refractivity contribution in [3.8, 4) is 33.6 Å². The molecular weight excluding hydrogens is 725 g/mol. The number of hydrogen-bond donors (Lipinski definition) is 4. The number of aromatic nitrogens is 4. The minimum atomic E-state index is -0.747. The number of H-pyrrole nitrogens is 2. The number of likely N-dealkylation sites (tertiary alicyclic amines) is 1. The predicted octanol–water partition coefficient (Wildman–Crippen LogP) is 7.03. The average molecular weight is 781 g/mol. The Morgan fingerprint density at radius 2 is 1.47 bits per heavy atom. The lowest BCUT2D eigenvalue weighted by molar-refractivity contribution is -0.136. The number of ether oxygens (including phenoxy) is 2. The van der Waals surface area contributed by atoms with Crippen LogP contribution in [0.2, 0.25) is 0 Å². The van der Waals surface area contributed by atoms with Crippen LogP contribution in [0.15, 0.2) is 67.4 Å². The summed E-state index contributed by atoms with van der Waals surface area (Å²) in [6, 6.07) is 14.8. The maximum absolute atomic E-state index is 13.7. The molecular formula is C43H56N8O6. The summed E-state index contributed by atoms with van der Waals surface area (Å²) >= 11 is 0. The van der Waals surface area contributed by atoms with Crippen molar-refractivity contribution < 1.29 is 28.7 Å². The number of aryl methyl sites for hydroxylation is 1. The van der Waals surface area contributed by atoms with E-state index in [4.69, 9.17) is 14.5 Å². The van der Waals surface area contributed by atoms with Crippen molar-refractivity contribution in [3.05, 3.63) is 84.7 Å². The Morgan fingerprint density at radius 3 is 2.04 bits per heavy atom. The van der Waals surface area contributed by atoms with E-state index in [0.29, 0.717) is 25.3 Å². The molecule has 0 radical (unpaired) electrons. The molecule has 3 heterocycles. The van der Waals surface area contributed by atoms with Gasteiger partial charge in [0.25, 0.3) is 0 Å². The van der Waals surface area contributed by atoms with Crippen molar-refractivity contribution in [1.82, 2.24) is 40.4 Å². The summed E-state index contributed by atoms with van der Waals surface area (Å²) in [6.07, 6.45) is 5.22. The molecule has 1 aliphatic heterocycles. The van der Waals surface area contributed by atoms with Crippen molar-refractivity contribution in [2.24, 2.45) is 11.8 Å². The van der Waals surface area contributed by atoms with Crippen molar-refractivity contribution >= 4 is 24.0 Å². The summed E-state index contributed by atoms with van der Waals surface area (Å²) in [5, 5.41) is 5.38. The Bertz CT molecular complexity index is 2000. The number of nitrogens with zero attached hydrogens (tertiary/aromatic N) is 4. The minimum Gasteiger partial charge on any atom is -0.453 e. The molecule has 3 atom stereocenters. The molecule has 2 aromatic heterocycles. The van der Waals surface area contributed by atoms with E-state index < -0.39 is 24.3 Å². The van der Waals surface area contributed by atoms with Crippen molar-refractivity contribution in [2.45, 2.75) is 85.0 Å². The van der Waals surface area contributed by atoms with Crippen LogP contribution in [0.4, 0.5) is 9.59 Å². The molecule has 14 heteroatoms. The summed E-state index contributed by atoms with van der Waals surface area (Å²) < 4.78 is 9.53. The van der Waals surface area contributed by atoms with E-state index in [1.807, 2.05) is 39.8 Å². The topological polar surface area (TPSA) is 175 Å². The molecule has 0 bridgehead atoms. The highest BCUT2D eigenvalue weighted by Gasteiger charge is 2.37. The predicted molar refractivity (Wildman–Crippen MR) is 219 cm³/mol. The monoisotopic (exact) mass is 780 g/mol. The summed E-state index contributed by atoms with van der Waals surface area (Å²) in [6.45, 7) is 14.7. The second-order valence-corrected chi connectivity index (χ2v) is 14.9. The number of benzene rings is 2. The van der Waals surface area contributed by atoms with Crippen LogP contribution >= 0.6 is 0 Å². The largest absolute Gasteiger partial charge is 0.453 e. The van der Waals surface area contributed by atoms with Crippen molar-refractivity contribution in [2.75, 3.05) is 27.3 Å². The SMILES string of the molecule is C=CCCN(Cc1nc(-c2ccc(-c3ccc(-c4cnc(C5CCCN5C(=O)C(NC(=O)OC)C(C)C)[nH]4)cc3)cc2)c(CC)[nH]1)C(=O)C(NC(=O)OC)C(C)C. The molecule has 0 spiro atoms. The van der Waals surface area contributed by atoms with E-state index in [1.165, 1.54) is 14.2 Å². The Labute approximate surface area is 334 Å². The van der Waals surface area contributed by atoms with Gasteiger partial charge in [0, 0.05) is 24.3 Å². The Morgan fingerprint density at radius 1 is 0.895 bits per heavy atom. The number of methoxy groups -OCH3 is 2. The third-order valence-corrected chi connectivity index (χ3v) is 10.4. The quantitative estimate of drug-likeness (QED) is 0.0878. The van der Waals surface area contributed by atoms with Gasteiger partial charge in [0.15, 0.2) is 0 Å². The van der Waals surface area contributed by atoms with Crippen LogP contribution in [0, 0.1) is 11.8 Å². The lowest BCUT2D eigenvalue weighted by Gasteiger charge is -2.30. The fraction of sp³-hybridized carbons (Fsp3) is 0.442. The lowest BCUT2D eigenvalue weighted by Crippen LogP contribution is -2.51. The first-order valence-corrected chi connectivity index (χ1v) is 19.6. The fourth-order valence-corrected chi connectivity index (χ4v) is 7.13. The number of rotatable bonds is 16. The molecule has 304 valence electrons. The smallest absolute Gasteiger partial charge is 0.407 e. The van der Waals surface area contributed by atoms with Crippen LogP contribution in [0.1, 0.15) is 77.3 Å². The molecule has 4 aromatic rings. The van der Waals surface area contributed by atoms with E-state index in [1.54, 1.807) is 22.1 Å². The van der Waals surface area contributed by atoms with Gasteiger partial charge in [-0.25, -0.2) is 19.6 Å². The summed E-state index contributed by atoms with van der Waals surface area (Å²) in [7, 11) is 2.56. The zero-order chi connectivity index (χ0) is 41.2. The highest BCUT2D eigenvalue weighted by atomic mass is 16.5. The molecule has 0 aliphatic carbocycles. The summed E-state index contributed by atoms with van der Waals surface area (Å²) in [4.78, 5) is 71.2. The molecule has 1 fully saturated rings. The zero-order valence-electron chi connectivity index (χ0n) is 34.1. The number of carbonyl (C=O) groups is 4. The molecule has 57 heavy (non-hydrogen) atoms. The van der Waals surface area contributed by atoms with Gasteiger partial charge in [-0.3, -0.25) is 9.59 Å². The van der Waals surface area contributed by atoms with Gasteiger partial charge in [-0.05, 0) is 54.2 Å². The van der Waals surface area contributed by atoms with Gasteiger partial charge in [-0.1, -0.05) is 89.2 Å². The molecule has 1 aliphatic rings. The summed E-state index contributed by atoms with van der Waals surface area (Å²) in [5.74, 6) is 0.759. The van der Waals surface area contributed by atoms with Gasteiger partial charge in [-0.15, -0.1) is 6.58 Å². The average Bonchev–Trinajstić information content (AvgIpc) is 4.00. The molecule has 4 N–H and O–H groups in total. The molecule has 1 saturated heterocycles. The van der Waals surface area contributed by atoms with Crippen LogP contribution in [0.5, 0.6) is 0 Å². The summed E-state index contributed by atoms with van der Waals surface area (Å²) in [5.41, 5.74) is 6.66. The maximum atomic E-state index is 13.7. The number of carbonyl (C=O) groups excluding carboxylic acids is 4. The Balaban J connectivity index is 1.28. The van der Waals surface area contributed by atoms with Crippen LogP contribution in [0.25, 0.3) is 33.6 Å². The van der Waals surface area contributed by atoms with Gasteiger partial charge in [0.1, 0.15) is 23.7 Å². The highest BCUT2D eigenvalue weighted by Crippen LogP contribution is 2.34. The number of hydrogen-bond acceptors (Lipinski definition) is 8. The Kier molecular flexibility index (Phi) is 14.3. The first-order chi connectivity index (χ1) is 27.4. The van der Waals surface area contributed by atoms with Crippen LogP contribution in [-0.4, -0.2) is 93.1 Å². The van der Waals surface area contributed by atoms with Crippen molar-refractivity contribution in [1.29, 1.82) is 0 Å². The standard InChI is InChI=1S/C43H56N8O6/c1-9-11-22-50(40(52)36(26(3)4)48-42(54)56-7)25-35-45-32(10-2)38(47-35)31-20-16-29(17-21-31)28-14-18-30(19-15-28)33-24-44-39(46-33)34-13-12-23-51(34)41(53)37(27(5)6)49-43(55)57-8/h9,14-21,24,26-27,34,36-37H,1,10-13,22-23,25H2,2-8H3,(H,44,46)(H,45,47)(H,48,54)(H,49,55). The molecule has 14 nitrogen and oxygen atoms in total. The second-order valence-electron chi connectivity index (χ2n) is 14.9. The van der Waals surface area contributed by atoms with Gasteiger partial charge < -0.3 is 39.9 Å². The van der Waals surface area contributed by atoms with Gasteiger partial charge in [0.05, 0.1) is 44.4 Å². The van der Waals surface area contributed by atoms with Gasteiger partial charge in [0.2, 0.25) is 11.8 Å². The van der Waals surface area contributed by atoms with E-state index in [9.17, 15) is 19.2 Å². The normalized spacial score (nSPS) is 15.0. The first-order valence-electron chi connectivity index (χ1n) is 19.6. The molecule has 4 amide bonds. The van der Waals surface area contributed by atoms with E-state index in [0.717, 1.165) is 64.4 Å². The van der Waals surface area contributed by atoms with E-state index in [2.05, 4.69) is 75.5 Å². The highest BCUT2D eigenvalue weighted by molar-refractivity contribution is 5.87. The van der Waals surface area contributed by atoms with Crippen LogP contribution in [-0.2, 0) is 32.0 Å². The number of imidazole rings is 2. The third-order valence-electron chi connectivity index (χ3n) is 10.4. The van der Waals surface area contributed by atoms with Crippen LogP contribution in [0.3, 0.4) is 0 Å².